The van der Waals surface area contributed by atoms with Gasteiger partial charge in [0.2, 0.25) is 16.0 Å². The maximum atomic E-state index is 11.3. The summed E-state index contributed by atoms with van der Waals surface area (Å²) in [6.45, 7) is 2.22. The van der Waals surface area contributed by atoms with Crippen LogP contribution >= 0.6 is 11.3 Å². The van der Waals surface area contributed by atoms with E-state index < -0.39 is 10.0 Å². The zero-order chi connectivity index (χ0) is 14.0. The SMILES string of the molecule is CNS(=O)(=O)CCNc1nc(N)nc2sc(C)cc12. The third kappa shape index (κ3) is 3.31. The number of hydrogen-bond donors (Lipinski definition) is 3. The first-order chi connectivity index (χ1) is 8.91. The summed E-state index contributed by atoms with van der Waals surface area (Å²) in [6.07, 6.45) is 0. The minimum Gasteiger partial charge on any atom is -0.368 e. The fourth-order valence-corrected chi connectivity index (χ4v) is 3.06. The smallest absolute Gasteiger partial charge is 0.223 e. The Morgan fingerprint density at radius 1 is 1.42 bits per heavy atom. The lowest BCUT2D eigenvalue weighted by Crippen LogP contribution is -2.26. The molecule has 0 atom stereocenters. The molecule has 2 heterocycles. The van der Waals surface area contributed by atoms with Crippen LogP contribution in [0, 0.1) is 6.92 Å². The van der Waals surface area contributed by atoms with Crippen molar-refractivity contribution in [1.29, 1.82) is 0 Å². The predicted octanol–water partition coefficient (Wildman–Crippen LogP) is 0.543. The zero-order valence-electron chi connectivity index (χ0n) is 10.6. The van der Waals surface area contributed by atoms with Crippen LogP contribution < -0.4 is 15.8 Å². The summed E-state index contributed by atoms with van der Waals surface area (Å²) < 4.78 is 24.9. The van der Waals surface area contributed by atoms with Crippen LogP contribution in [0.15, 0.2) is 6.07 Å². The number of hydrogen-bond acceptors (Lipinski definition) is 7. The van der Waals surface area contributed by atoms with E-state index in [9.17, 15) is 8.42 Å². The number of sulfonamides is 1. The Balaban J connectivity index is 2.20. The number of nitrogens with one attached hydrogen (secondary N) is 2. The van der Waals surface area contributed by atoms with Crippen molar-refractivity contribution < 1.29 is 8.42 Å². The highest BCUT2D eigenvalue weighted by atomic mass is 32.2. The van der Waals surface area contributed by atoms with Crippen LogP contribution in [-0.2, 0) is 10.0 Å². The van der Waals surface area contributed by atoms with Crippen molar-refractivity contribution in [3.05, 3.63) is 10.9 Å². The second kappa shape index (κ2) is 5.27. The maximum absolute atomic E-state index is 11.3. The van der Waals surface area contributed by atoms with Crippen LogP contribution in [0.4, 0.5) is 11.8 Å². The molecular weight excluding hydrogens is 286 g/mol. The molecule has 0 radical (unpaired) electrons. The van der Waals surface area contributed by atoms with Gasteiger partial charge in [-0.05, 0) is 20.0 Å². The number of nitrogen functional groups attached to an aromatic ring is 1. The molecule has 0 aliphatic heterocycles. The quantitative estimate of drug-likeness (QED) is 0.743. The van der Waals surface area contributed by atoms with Crippen LogP contribution in [-0.4, -0.2) is 37.7 Å². The minimum absolute atomic E-state index is 0.0297. The number of anilines is 2. The lowest BCUT2D eigenvalue weighted by atomic mass is 10.3. The standard InChI is InChI=1S/C10H15N5O2S2/c1-6-5-7-8(13-3-4-19(16,17)12-2)14-10(11)15-9(7)18-6/h5,12H,3-4H2,1-2H3,(H3,11,13,14,15). The van der Waals surface area contributed by atoms with Gasteiger partial charge >= 0.3 is 0 Å². The Morgan fingerprint density at radius 2 is 2.16 bits per heavy atom. The van der Waals surface area contributed by atoms with Crippen LogP contribution in [0.3, 0.4) is 0 Å². The lowest BCUT2D eigenvalue weighted by Gasteiger charge is -2.07. The molecule has 19 heavy (non-hydrogen) atoms. The van der Waals surface area contributed by atoms with Gasteiger partial charge in [0.15, 0.2) is 0 Å². The topological polar surface area (TPSA) is 110 Å². The molecule has 4 N–H and O–H groups in total. The van der Waals surface area contributed by atoms with Crippen molar-refractivity contribution in [2.45, 2.75) is 6.92 Å². The molecule has 2 aromatic rings. The fraction of sp³-hybridized carbons (Fsp3) is 0.400. The van der Waals surface area contributed by atoms with Gasteiger partial charge in [0.25, 0.3) is 0 Å². The average Bonchev–Trinajstić information content (AvgIpc) is 2.69. The van der Waals surface area contributed by atoms with Gasteiger partial charge in [0, 0.05) is 11.4 Å². The monoisotopic (exact) mass is 301 g/mol. The molecule has 2 rings (SSSR count). The minimum atomic E-state index is -3.23. The van der Waals surface area contributed by atoms with Crippen molar-refractivity contribution >= 4 is 43.3 Å². The highest BCUT2D eigenvalue weighted by Gasteiger charge is 2.11. The molecule has 0 fully saturated rings. The fourth-order valence-electron chi connectivity index (χ4n) is 1.60. The van der Waals surface area contributed by atoms with Crippen molar-refractivity contribution in [2.24, 2.45) is 0 Å². The number of rotatable bonds is 5. The van der Waals surface area contributed by atoms with Gasteiger partial charge in [-0.2, -0.15) is 4.98 Å². The number of nitrogens with zero attached hydrogens (tertiary/aromatic N) is 2. The molecule has 0 saturated carbocycles. The summed E-state index contributed by atoms with van der Waals surface area (Å²) in [7, 11) is -1.85. The molecule has 0 bridgehead atoms. The zero-order valence-corrected chi connectivity index (χ0v) is 12.2. The number of aryl methyl sites for hydroxylation is 1. The molecule has 0 aliphatic rings. The highest BCUT2D eigenvalue weighted by molar-refractivity contribution is 7.89. The molecular formula is C10H15N5O2S2. The van der Waals surface area contributed by atoms with E-state index in [0.29, 0.717) is 5.82 Å². The van der Waals surface area contributed by atoms with Crippen LogP contribution in [0.1, 0.15) is 4.88 Å². The first-order valence-corrected chi connectivity index (χ1v) is 8.07. The van der Waals surface area contributed by atoms with E-state index in [0.717, 1.165) is 15.1 Å². The van der Waals surface area contributed by atoms with Gasteiger partial charge in [-0.25, -0.2) is 18.1 Å². The molecule has 0 unspecified atom stereocenters. The van der Waals surface area contributed by atoms with E-state index >= 15 is 0 Å². The summed E-state index contributed by atoms with van der Waals surface area (Å²) in [6, 6.07) is 1.95. The van der Waals surface area contributed by atoms with Gasteiger partial charge in [-0.1, -0.05) is 0 Å². The second-order valence-corrected chi connectivity index (χ2v) is 7.24. The van der Waals surface area contributed by atoms with Gasteiger partial charge in [-0.15, -0.1) is 11.3 Å². The Morgan fingerprint density at radius 3 is 2.84 bits per heavy atom. The van der Waals surface area contributed by atoms with Crippen LogP contribution in [0.2, 0.25) is 0 Å². The summed E-state index contributed by atoms with van der Waals surface area (Å²) in [5.74, 6) is 0.712. The Kier molecular flexibility index (Phi) is 3.88. The summed E-state index contributed by atoms with van der Waals surface area (Å²) in [5.41, 5.74) is 5.63. The lowest BCUT2D eigenvalue weighted by molar-refractivity contribution is 0.588. The Bertz CT molecular complexity index is 695. The van der Waals surface area contributed by atoms with Crippen molar-refractivity contribution in [1.82, 2.24) is 14.7 Å². The summed E-state index contributed by atoms with van der Waals surface area (Å²) in [4.78, 5) is 10.1. The van der Waals surface area contributed by atoms with Gasteiger partial charge < -0.3 is 11.1 Å². The first-order valence-electron chi connectivity index (χ1n) is 5.60. The van der Waals surface area contributed by atoms with Crippen LogP contribution in [0.25, 0.3) is 10.2 Å². The highest BCUT2D eigenvalue weighted by Crippen LogP contribution is 2.28. The first kappa shape index (κ1) is 14.0. The molecule has 0 aliphatic carbocycles. The number of aromatic nitrogens is 2. The number of thiophene rings is 1. The summed E-state index contributed by atoms with van der Waals surface area (Å²) in [5, 5.41) is 3.85. The van der Waals surface area contributed by atoms with Gasteiger partial charge in [0.1, 0.15) is 10.6 Å². The molecule has 0 spiro atoms. The molecule has 0 saturated heterocycles. The molecule has 9 heteroatoms. The van der Waals surface area contributed by atoms with Crippen molar-refractivity contribution in [3.63, 3.8) is 0 Å². The van der Waals surface area contributed by atoms with E-state index in [-0.39, 0.29) is 18.2 Å². The molecule has 7 nitrogen and oxygen atoms in total. The van der Waals surface area contributed by atoms with E-state index in [1.807, 2.05) is 13.0 Å². The predicted molar refractivity (Wildman–Crippen MR) is 77.9 cm³/mol. The van der Waals surface area contributed by atoms with E-state index in [2.05, 4.69) is 20.0 Å². The largest absolute Gasteiger partial charge is 0.368 e. The maximum Gasteiger partial charge on any atom is 0.223 e. The Labute approximate surface area is 115 Å². The van der Waals surface area contributed by atoms with E-state index in [4.69, 9.17) is 5.73 Å². The summed E-state index contributed by atoms with van der Waals surface area (Å²) >= 11 is 1.52. The molecule has 0 amide bonds. The van der Waals surface area contributed by atoms with Gasteiger partial charge in [0.05, 0.1) is 11.1 Å². The van der Waals surface area contributed by atoms with Crippen LogP contribution in [0.5, 0.6) is 0 Å². The third-order valence-electron chi connectivity index (χ3n) is 2.51. The van der Waals surface area contributed by atoms with E-state index in [1.165, 1.54) is 18.4 Å². The number of nitrogens with two attached hydrogens (primary N) is 1. The molecule has 104 valence electrons. The molecule has 2 aromatic heterocycles. The average molecular weight is 301 g/mol. The Hall–Kier alpha value is -1.45. The van der Waals surface area contributed by atoms with Gasteiger partial charge in [-0.3, -0.25) is 0 Å². The molecule has 0 aromatic carbocycles. The second-order valence-electron chi connectivity index (χ2n) is 3.96. The number of fused-ring (bicyclic) bond motifs is 1. The van der Waals surface area contributed by atoms with E-state index in [1.54, 1.807) is 0 Å². The van der Waals surface area contributed by atoms with Crippen molar-refractivity contribution in [2.75, 3.05) is 30.4 Å². The van der Waals surface area contributed by atoms with Crippen molar-refractivity contribution in [3.8, 4) is 0 Å². The normalized spacial score (nSPS) is 11.9. The third-order valence-corrected chi connectivity index (χ3v) is 4.82.